The van der Waals surface area contributed by atoms with E-state index in [-0.39, 0.29) is 0 Å². The minimum Gasteiger partial charge on any atom is -0.0622 e. The van der Waals surface area contributed by atoms with Crippen LogP contribution in [0.3, 0.4) is 0 Å². The van der Waals surface area contributed by atoms with Gasteiger partial charge in [0.15, 0.2) is 0 Å². The second-order valence-corrected chi connectivity index (χ2v) is 6.10. The molecule has 3 aromatic rings. The lowest BCUT2D eigenvalue weighted by atomic mass is 9.89. The molecular formula is C23H22. The van der Waals surface area contributed by atoms with E-state index in [1.807, 2.05) is 0 Å². The van der Waals surface area contributed by atoms with Crippen molar-refractivity contribution >= 4 is 11.1 Å². The maximum Gasteiger partial charge on any atom is -0.00761 e. The highest BCUT2D eigenvalue weighted by Gasteiger charge is 2.10. The van der Waals surface area contributed by atoms with Crippen molar-refractivity contribution in [3.63, 3.8) is 0 Å². The molecule has 0 unspecified atom stereocenters. The number of hydrogen-bond acceptors (Lipinski definition) is 0. The molecule has 3 aromatic carbocycles. The van der Waals surface area contributed by atoms with Crippen LogP contribution in [0.2, 0.25) is 0 Å². The van der Waals surface area contributed by atoms with Crippen LogP contribution in [0.25, 0.3) is 11.1 Å². The molecule has 0 saturated heterocycles. The summed E-state index contributed by atoms with van der Waals surface area (Å²) in [5.74, 6) is 0. The first kappa shape index (κ1) is 15.3. The monoisotopic (exact) mass is 298 g/mol. The van der Waals surface area contributed by atoms with Gasteiger partial charge in [0.2, 0.25) is 0 Å². The molecule has 0 bridgehead atoms. The van der Waals surface area contributed by atoms with E-state index in [0.717, 1.165) is 0 Å². The number of aryl methyl sites for hydroxylation is 2. The van der Waals surface area contributed by atoms with E-state index in [2.05, 4.69) is 99.6 Å². The van der Waals surface area contributed by atoms with Gasteiger partial charge in [0.05, 0.1) is 0 Å². The van der Waals surface area contributed by atoms with Gasteiger partial charge < -0.3 is 0 Å². The van der Waals surface area contributed by atoms with Gasteiger partial charge in [-0.2, -0.15) is 0 Å². The Kier molecular flexibility index (Phi) is 4.43. The number of allylic oxidation sites excluding steroid dienone is 1. The second-order valence-electron chi connectivity index (χ2n) is 6.10. The first-order chi connectivity index (χ1) is 11.1. The molecule has 0 fully saturated rings. The highest BCUT2D eigenvalue weighted by Crippen LogP contribution is 2.32. The van der Waals surface area contributed by atoms with Crippen molar-refractivity contribution < 1.29 is 0 Å². The highest BCUT2D eigenvalue weighted by atomic mass is 14.1. The van der Waals surface area contributed by atoms with E-state index in [1.54, 1.807) is 0 Å². The molecule has 0 aliphatic heterocycles. The Morgan fingerprint density at radius 1 is 0.565 bits per heavy atom. The van der Waals surface area contributed by atoms with Gasteiger partial charge >= 0.3 is 0 Å². The minimum atomic E-state index is 1.26. The van der Waals surface area contributed by atoms with Crippen LogP contribution in [-0.2, 0) is 0 Å². The van der Waals surface area contributed by atoms with Crippen molar-refractivity contribution in [3.8, 4) is 0 Å². The summed E-state index contributed by atoms with van der Waals surface area (Å²) in [4.78, 5) is 0. The predicted octanol–water partition coefficient (Wildman–Crippen LogP) is 6.28. The van der Waals surface area contributed by atoms with Crippen LogP contribution in [0.4, 0.5) is 0 Å². The van der Waals surface area contributed by atoms with Crippen LogP contribution in [0, 0.1) is 13.8 Å². The van der Waals surface area contributed by atoms with Crippen LogP contribution < -0.4 is 0 Å². The van der Waals surface area contributed by atoms with E-state index in [0.29, 0.717) is 0 Å². The highest BCUT2D eigenvalue weighted by molar-refractivity contribution is 5.97. The quantitative estimate of drug-likeness (QED) is 0.499. The molecule has 23 heavy (non-hydrogen) atoms. The summed E-state index contributed by atoms with van der Waals surface area (Å²) in [6, 6.07) is 28.1. The molecule has 0 aliphatic rings. The Bertz CT molecular complexity index is 839. The van der Waals surface area contributed by atoms with Gasteiger partial charge in [0.1, 0.15) is 0 Å². The summed E-state index contributed by atoms with van der Waals surface area (Å²) < 4.78 is 0. The van der Waals surface area contributed by atoms with Crippen LogP contribution in [0.1, 0.15) is 34.7 Å². The third-order valence-electron chi connectivity index (χ3n) is 4.20. The van der Waals surface area contributed by atoms with Gasteiger partial charge in [-0.15, -0.1) is 0 Å². The fourth-order valence-electron chi connectivity index (χ4n) is 3.03. The smallest absolute Gasteiger partial charge is 0.00761 e. The SMILES string of the molecule is C/C(=C(/c1ccccc1)c1cccc(C)c1)c1cccc(C)c1. The third kappa shape index (κ3) is 3.43. The van der Waals surface area contributed by atoms with Crippen LogP contribution in [-0.4, -0.2) is 0 Å². The van der Waals surface area contributed by atoms with E-state index in [9.17, 15) is 0 Å². The number of hydrogen-bond donors (Lipinski definition) is 0. The van der Waals surface area contributed by atoms with Gasteiger partial charge in [-0.25, -0.2) is 0 Å². The first-order valence-electron chi connectivity index (χ1n) is 8.05. The summed E-state index contributed by atoms with van der Waals surface area (Å²) in [7, 11) is 0. The van der Waals surface area contributed by atoms with Crippen molar-refractivity contribution in [1.29, 1.82) is 0 Å². The molecule has 0 saturated carbocycles. The molecule has 0 N–H and O–H groups in total. The fraction of sp³-hybridized carbons (Fsp3) is 0.130. The molecule has 0 amide bonds. The van der Waals surface area contributed by atoms with Crippen molar-refractivity contribution in [2.24, 2.45) is 0 Å². The van der Waals surface area contributed by atoms with Crippen molar-refractivity contribution in [2.75, 3.05) is 0 Å². The molecule has 0 radical (unpaired) electrons. The topological polar surface area (TPSA) is 0 Å². The maximum atomic E-state index is 2.27. The van der Waals surface area contributed by atoms with Crippen molar-refractivity contribution in [2.45, 2.75) is 20.8 Å². The number of rotatable bonds is 3. The summed E-state index contributed by atoms with van der Waals surface area (Å²) in [6.45, 7) is 6.51. The summed E-state index contributed by atoms with van der Waals surface area (Å²) in [6.07, 6.45) is 0. The summed E-state index contributed by atoms with van der Waals surface area (Å²) >= 11 is 0. The molecule has 0 aromatic heterocycles. The second kappa shape index (κ2) is 6.66. The van der Waals surface area contributed by atoms with Gasteiger partial charge in [-0.1, -0.05) is 90.0 Å². The zero-order chi connectivity index (χ0) is 16.2. The van der Waals surface area contributed by atoms with Crippen molar-refractivity contribution in [1.82, 2.24) is 0 Å². The van der Waals surface area contributed by atoms with Gasteiger partial charge in [0, 0.05) is 0 Å². The van der Waals surface area contributed by atoms with Gasteiger partial charge in [-0.05, 0) is 48.6 Å². The molecule has 0 heterocycles. The Morgan fingerprint density at radius 2 is 1.09 bits per heavy atom. The molecule has 0 heteroatoms. The molecule has 0 nitrogen and oxygen atoms in total. The fourth-order valence-corrected chi connectivity index (χ4v) is 3.03. The molecule has 0 spiro atoms. The predicted molar refractivity (Wildman–Crippen MR) is 100 cm³/mol. The van der Waals surface area contributed by atoms with Crippen molar-refractivity contribution in [3.05, 3.63) is 107 Å². The normalized spacial score (nSPS) is 12.0. The van der Waals surface area contributed by atoms with Gasteiger partial charge in [0.25, 0.3) is 0 Å². The lowest BCUT2D eigenvalue weighted by molar-refractivity contribution is 1.41. The molecule has 0 atom stereocenters. The van der Waals surface area contributed by atoms with Crippen LogP contribution >= 0.6 is 0 Å². The third-order valence-corrected chi connectivity index (χ3v) is 4.20. The Hall–Kier alpha value is -2.60. The van der Waals surface area contributed by atoms with Gasteiger partial charge in [-0.3, -0.25) is 0 Å². The van der Waals surface area contributed by atoms with E-state index >= 15 is 0 Å². The average molecular weight is 298 g/mol. The van der Waals surface area contributed by atoms with E-state index in [1.165, 1.54) is 39.0 Å². The lowest BCUT2D eigenvalue weighted by Crippen LogP contribution is -1.93. The standard InChI is InChI=1S/C23H22/c1-17-9-7-13-21(15-17)19(3)23(20-11-5-4-6-12-20)22-14-8-10-18(2)16-22/h4-16H,1-3H3/b23-19+. The minimum absolute atomic E-state index is 1.26. The maximum absolute atomic E-state index is 2.27. The van der Waals surface area contributed by atoms with Crippen LogP contribution in [0.15, 0.2) is 78.9 Å². The lowest BCUT2D eigenvalue weighted by Gasteiger charge is -2.15. The van der Waals surface area contributed by atoms with E-state index < -0.39 is 0 Å². The van der Waals surface area contributed by atoms with Crippen LogP contribution in [0.5, 0.6) is 0 Å². The largest absolute Gasteiger partial charge is 0.0622 e. The van der Waals surface area contributed by atoms with E-state index in [4.69, 9.17) is 0 Å². The summed E-state index contributed by atoms with van der Waals surface area (Å²) in [5, 5.41) is 0. The zero-order valence-electron chi connectivity index (χ0n) is 14.0. The zero-order valence-corrected chi connectivity index (χ0v) is 14.0. The Balaban J connectivity index is 2.25. The molecular weight excluding hydrogens is 276 g/mol. The Morgan fingerprint density at radius 3 is 1.70 bits per heavy atom. The first-order valence-corrected chi connectivity index (χ1v) is 8.05. The molecule has 3 rings (SSSR count). The average Bonchev–Trinajstić information content (AvgIpc) is 2.56. The Labute approximate surface area is 139 Å². The molecule has 0 aliphatic carbocycles. The number of benzene rings is 3. The summed E-state index contributed by atoms with van der Waals surface area (Å²) in [5.41, 5.74) is 9.01. The molecule has 114 valence electrons.